The Hall–Kier alpha value is -0.0300. The Balaban J connectivity index is 2.90. The maximum atomic E-state index is 3.46. The lowest BCUT2D eigenvalue weighted by molar-refractivity contribution is 0.966. The average molecular weight is 336 g/mol. The van der Waals surface area contributed by atoms with E-state index in [9.17, 15) is 0 Å². The molecule has 62 valence electrons. The van der Waals surface area contributed by atoms with Gasteiger partial charge < -0.3 is 4.57 Å². The lowest BCUT2D eigenvalue weighted by atomic mass is 10.2. The maximum absolute atomic E-state index is 3.46. The normalized spacial score (nSPS) is 10.9. The van der Waals surface area contributed by atoms with E-state index in [1.807, 2.05) is 0 Å². The molecule has 0 saturated carbocycles. The number of halogens is 2. The van der Waals surface area contributed by atoms with Gasteiger partial charge >= 0.3 is 0 Å². The van der Waals surface area contributed by atoms with Crippen LogP contribution in [0.1, 0.15) is 0 Å². The summed E-state index contributed by atoms with van der Waals surface area (Å²) in [5.74, 6) is 0. The van der Waals surface area contributed by atoms with Crippen molar-refractivity contribution in [3.05, 3.63) is 32.4 Å². The summed E-state index contributed by atoms with van der Waals surface area (Å²) in [5.41, 5.74) is 1.27. The van der Waals surface area contributed by atoms with Crippen molar-refractivity contribution in [2.75, 3.05) is 0 Å². The van der Waals surface area contributed by atoms with Crippen LogP contribution >= 0.6 is 38.5 Å². The lowest BCUT2D eigenvalue weighted by Crippen LogP contribution is -1.82. The van der Waals surface area contributed by atoms with Crippen LogP contribution in [-0.4, -0.2) is 4.57 Å². The quantitative estimate of drug-likeness (QED) is 0.649. The van der Waals surface area contributed by atoms with Crippen molar-refractivity contribution < 1.29 is 0 Å². The van der Waals surface area contributed by atoms with Crippen molar-refractivity contribution in [3.8, 4) is 0 Å². The molecule has 0 atom stereocenters. The van der Waals surface area contributed by atoms with Gasteiger partial charge in [0.05, 0.1) is 0 Å². The molecule has 3 heteroatoms. The summed E-state index contributed by atoms with van der Waals surface area (Å²) in [5, 5.41) is 1.32. The topological polar surface area (TPSA) is 4.93 Å². The van der Waals surface area contributed by atoms with Crippen molar-refractivity contribution >= 4 is 49.4 Å². The number of hydrogen-bond acceptors (Lipinski definition) is 0. The van der Waals surface area contributed by atoms with Crippen LogP contribution in [0.4, 0.5) is 0 Å². The highest BCUT2D eigenvalue weighted by Gasteiger charge is 2.02. The Labute approximate surface area is 93.0 Å². The molecular weight excluding hydrogens is 329 g/mol. The van der Waals surface area contributed by atoms with E-state index in [1.165, 1.54) is 14.5 Å². The van der Waals surface area contributed by atoms with Crippen LogP contribution < -0.4 is 0 Å². The molecule has 1 aromatic carbocycles. The summed E-state index contributed by atoms with van der Waals surface area (Å²) >= 11 is 5.81. The van der Waals surface area contributed by atoms with Crippen molar-refractivity contribution in [1.82, 2.24) is 4.57 Å². The van der Waals surface area contributed by atoms with Gasteiger partial charge in [-0.25, -0.2) is 0 Å². The first-order valence-corrected chi connectivity index (χ1v) is 5.46. The smallest absolute Gasteiger partial charge is 0.0500 e. The van der Waals surface area contributed by atoms with Crippen molar-refractivity contribution in [2.45, 2.75) is 0 Å². The van der Waals surface area contributed by atoms with E-state index in [0.29, 0.717) is 0 Å². The fourth-order valence-electron chi connectivity index (χ4n) is 1.31. The molecule has 1 aromatic heterocycles. The van der Waals surface area contributed by atoms with E-state index in [4.69, 9.17) is 0 Å². The van der Waals surface area contributed by atoms with E-state index in [0.717, 1.165) is 4.47 Å². The van der Waals surface area contributed by atoms with Crippen LogP contribution in [-0.2, 0) is 7.05 Å². The SMILES string of the molecule is Cn1cc(I)c2ccc(Br)cc21. The summed E-state index contributed by atoms with van der Waals surface area (Å²) in [6.07, 6.45) is 2.14. The van der Waals surface area contributed by atoms with Gasteiger partial charge in [0.25, 0.3) is 0 Å². The van der Waals surface area contributed by atoms with Crippen LogP contribution in [0.15, 0.2) is 28.9 Å². The van der Waals surface area contributed by atoms with Gasteiger partial charge in [0.1, 0.15) is 0 Å². The van der Waals surface area contributed by atoms with E-state index in [2.05, 4.69) is 74.5 Å². The molecule has 0 saturated heterocycles. The molecule has 0 aliphatic heterocycles. The third kappa shape index (κ3) is 1.29. The fourth-order valence-corrected chi connectivity index (χ4v) is 2.53. The zero-order valence-electron chi connectivity index (χ0n) is 6.51. The van der Waals surface area contributed by atoms with Crippen LogP contribution in [0, 0.1) is 3.57 Å². The predicted octanol–water partition coefficient (Wildman–Crippen LogP) is 3.55. The number of aromatic nitrogens is 1. The molecule has 1 heterocycles. The third-order valence-electron chi connectivity index (χ3n) is 1.90. The Morgan fingerprint density at radius 2 is 2.17 bits per heavy atom. The zero-order chi connectivity index (χ0) is 8.72. The molecule has 0 amide bonds. The van der Waals surface area contributed by atoms with Gasteiger partial charge in [-0.2, -0.15) is 0 Å². The Kier molecular flexibility index (Phi) is 2.16. The first-order chi connectivity index (χ1) is 5.68. The highest BCUT2D eigenvalue weighted by molar-refractivity contribution is 14.1. The van der Waals surface area contributed by atoms with Crippen molar-refractivity contribution in [2.24, 2.45) is 7.05 Å². The van der Waals surface area contributed by atoms with Crippen LogP contribution in [0.25, 0.3) is 10.9 Å². The van der Waals surface area contributed by atoms with E-state index < -0.39 is 0 Å². The predicted molar refractivity (Wildman–Crippen MR) is 63.3 cm³/mol. The molecule has 0 fully saturated rings. The van der Waals surface area contributed by atoms with E-state index in [-0.39, 0.29) is 0 Å². The lowest BCUT2D eigenvalue weighted by Gasteiger charge is -1.95. The van der Waals surface area contributed by atoms with Crippen molar-refractivity contribution in [3.63, 3.8) is 0 Å². The van der Waals surface area contributed by atoms with Gasteiger partial charge in [0.15, 0.2) is 0 Å². The zero-order valence-corrected chi connectivity index (χ0v) is 10.3. The first-order valence-electron chi connectivity index (χ1n) is 3.58. The molecule has 2 aromatic rings. The second-order valence-electron chi connectivity index (χ2n) is 2.75. The van der Waals surface area contributed by atoms with Gasteiger partial charge in [-0.15, -0.1) is 0 Å². The van der Waals surface area contributed by atoms with Gasteiger partial charge in [-0.1, -0.05) is 22.0 Å². The molecule has 2 rings (SSSR count). The fraction of sp³-hybridized carbons (Fsp3) is 0.111. The van der Waals surface area contributed by atoms with Gasteiger partial charge in [0, 0.05) is 32.2 Å². The summed E-state index contributed by atoms with van der Waals surface area (Å²) in [6.45, 7) is 0. The monoisotopic (exact) mass is 335 g/mol. The second-order valence-corrected chi connectivity index (χ2v) is 4.83. The molecule has 1 nitrogen and oxygen atoms in total. The largest absolute Gasteiger partial charge is 0.349 e. The molecule has 0 radical (unpaired) electrons. The number of benzene rings is 1. The van der Waals surface area contributed by atoms with Crippen LogP contribution in [0.2, 0.25) is 0 Å². The molecule has 12 heavy (non-hydrogen) atoms. The van der Waals surface area contributed by atoms with Crippen LogP contribution in [0.3, 0.4) is 0 Å². The number of rotatable bonds is 0. The molecule has 0 spiro atoms. The minimum absolute atomic E-state index is 1.13. The van der Waals surface area contributed by atoms with E-state index in [1.54, 1.807) is 0 Å². The summed E-state index contributed by atoms with van der Waals surface area (Å²) in [6, 6.07) is 6.35. The first kappa shape index (κ1) is 8.56. The van der Waals surface area contributed by atoms with E-state index >= 15 is 0 Å². The number of nitrogens with zero attached hydrogens (tertiary/aromatic N) is 1. The maximum Gasteiger partial charge on any atom is 0.0500 e. The van der Waals surface area contributed by atoms with Gasteiger partial charge in [-0.3, -0.25) is 0 Å². The average Bonchev–Trinajstić information content (AvgIpc) is 2.28. The minimum Gasteiger partial charge on any atom is -0.349 e. The second kappa shape index (κ2) is 3.03. The Morgan fingerprint density at radius 3 is 2.92 bits per heavy atom. The summed E-state index contributed by atoms with van der Waals surface area (Å²) in [4.78, 5) is 0. The molecule has 0 aliphatic carbocycles. The number of aryl methyl sites for hydroxylation is 1. The standard InChI is InChI=1S/C9H7BrIN/c1-12-5-8(11)7-3-2-6(10)4-9(7)12/h2-5H,1H3. The summed E-state index contributed by atoms with van der Waals surface area (Å²) in [7, 11) is 2.07. The number of hydrogen-bond donors (Lipinski definition) is 0. The van der Waals surface area contributed by atoms with Gasteiger partial charge in [-0.05, 0) is 34.7 Å². The number of fused-ring (bicyclic) bond motifs is 1. The van der Waals surface area contributed by atoms with Crippen molar-refractivity contribution in [1.29, 1.82) is 0 Å². The third-order valence-corrected chi connectivity index (χ3v) is 3.26. The Morgan fingerprint density at radius 1 is 1.42 bits per heavy atom. The minimum atomic E-state index is 1.13. The molecule has 0 unspecified atom stereocenters. The summed E-state index contributed by atoms with van der Waals surface area (Å²) < 4.78 is 4.58. The van der Waals surface area contributed by atoms with Crippen LogP contribution in [0.5, 0.6) is 0 Å². The highest BCUT2D eigenvalue weighted by Crippen LogP contribution is 2.24. The molecule has 0 bridgehead atoms. The Bertz CT molecular complexity index is 433. The van der Waals surface area contributed by atoms with Gasteiger partial charge in [0.2, 0.25) is 0 Å². The molecular formula is C9H7BrIN. The highest BCUT2D eigenvalue weighted by atomic mass is 127. The molecule has 0 aliphatic rings. The molecule has 0 N–H and O–H groups in total.